The van der Waals surface area contributed by atoms with Crippen LogP contribution in [0.15, 0.2) is 0 Å². The first-order valence-corrected chi connectivity index (χ1v) is 11.3. The summed E-state index contributed by atoms with van der Waals surface area (Å²) in [5, 5.41) is 22.9. The molecule has 0 heterocycles. The maximum Gasteiger partial charge on any atom is 0.302 e. The van der Waals surface area contributed by atoms with Crippen molar-refractivity contribution in [3.8, 4) is 0 Å². The summed E-state index contributed by atoms with van der Waals surface area (Å²) in [5.74, 6) is 0.491. The van der Waals surface area contributed by atoms with Crippen LogP contribution in [-0.4, -0.2) is 46.1 Å². The highest BCUT2D eigenvalue weighted by molar-refractivity contribution is 5.66. The van der Waals surface area contributed by atoms with E-state index in [-0.39, 0.29) is 29.6 Å². The number of carbonyl (C=O) groups excluding carboxylic acids is 2. The molecule has 6 heteroatoms. The summed E-state index contributed by atoms with van der Waals surface area (Å²) in [6, 6.07) is 0. The minimum Gasteiger partial charge on any atom is -0.462 e. The van der Waals surface area contributed by atoms with Crippen molar-refractivity contribution >= 4 is 11.9 Å². The Balaban J connectivity index is 1.60. The average Bonchev–Trinajstić information content (AvgIpc) is 2.93. The van der Waals surface area contributed by atoms with Crippen LogP contribution < -0.4 is 0 Å². The maximum atomic E-state index is 11.7. The summed E-state index contributed by atoms with van der Waals surface area (Å²) in [6.45, 7) is 7.27. The summed E-state index contributed by atoms with van der Waals surface area (Å²) in [4.78, 5) is 23.0. The molecule has 0 spiro atoms. The van der Waals surface area contributed by atoms with Gasteiger partial charge < -0.3 is 19.7 Å². The Labute approximate surface area is 173 Å². The van der Waals surface area contributed by atoms with Gasteiger partial charge in [0.1, 0.15) is 12.2 Å². The van der Waals surface area contributed by atoms with Crippen LogP contribution in [-0.2, 0) is 19.1 Å². The Kier molecular flexibility index (Phi) is 5.05. The molecule has 0 amide bonds. The molecule has 29 heavy (non-hydrogen) atoms. The number of fused-ring (bicyclic) bond motifs is 5. The third-order valence-electron chi connectivity index (χ3n) is 9.37. The first-order valence-electron chi connectivity index (χ1n) is 11.3. The SMILES string of the molecule is CC(=O)O[C@H]1CC[C@]2(C)[C@H]3CC[C@]4(C)[C@@H](OC(C)=O)CC[C@H]4[C@@H]3C[C@H](O)[C@@]2(O)C1. The number of carbonyl (C=O) groups is 2. The van der Waals surface area contributed by atoms with Crippen LogP contribution in [0.3, 0.4) is 0 Å². The lowest BCUT2D eigenvalue weighted by Gasteiger charge is -2.65. The molecule has 0 aliphatic heterocycles. The van der Waals surface area contributed by atoms with E-state index in [2.05, 4.69) is 13.8 Å². The quantitative estimate of drug-likeness (QED) is 0.683. The van der Waals surface area contributed by atoms with Crippen LogP contribution in [0.5, 0.6) is 0 Å². The predicted molar refractivity (Wildman–Crippen MR) is 106 cm³/mol. The Morgan fingerprint density at radius 1 is 0.931 bits per heavy atom. The monoisotopic (exact) mass is 408 g/mol. The lowest BCUT2D eigenvalue weighted by atomic mass is 9.43. The number of hydrogen-bond acceptors (Lipinski definition) is 6. The van der Waals surface area contributed by atoms with Gasteiger partial charge in [-0.1, -0.05) is 13.8 Å². The minimum atomic E-state index is -1.23. The first-order chi connectivity index (χ1) is 13.5. The van der Waals surface area contributed by atoms with E-state index in [0.717, 1.165) is 38.5 Å². The van der Waals surface area contributed by atoms with Gasteiger partial charge in [-0.05, 0) is 62.7 Å². The normalized spacial score (nSPS) is 51.4. The highest BCUT2D eigenvalue weighted by atomic mass is 16.5. The summed E-state index contributed by atoms with van der Waals surface area (Å²) in [6.07, 6.45) is 4.99. The molecule has 0 bridgehead atoms. The van der Waals surface area contributed by atoms with E-state index in [0.29, 0.717) is 30.6 Å². The zero-order chi connectivity index (χ0) is 21.2. The number of aliphatic hydroxyl groups is 2. The van der Waals surface area contributed by atoms with Crippen molar-refractivity contribution < 1.29 is 29.3 Å². The second kappa shape index (κ2) is 6.94. The van der Waals surface area contributed by atoms with Gasteiger partial charge in [-0.3, -0.25) is 9.59 Å². The van der Waals surface area contributed by atoms with Gasteiger partial charge in [-0.25, -0.2) is 0 Å². The van der Waals surface area contributed by atoms with E-state index in [4.69, 9.17) is 9.47 Å². The Morgan fingerprint density at radius 3 is 2.28 bits per heavy atom. The molecule has 0 unspecified atom stereocenters. The van der Waals surface area contributed by atoms with Crippen molar-refractivity contribution in [2.75, 3.05) is 0 Å². The van der Waals surface area contributed by atoms with Crippen LogP contribution in [0.25, 0.3) is 0 Å². The standard InChI is InChI=1S/C23H36O6/c1-13(24)28-15-7-10-22(4)18-8-9-21(3)17(5-6-20(21)29-14(2)25)16(18)11-19(26)23(22,27)12-15/h15-20,26-27H,5-12H2,1-4H3/t15-,16-,17-,18-,19-,20-,21-,22+,23-/m0/s1. The van der Waals surface area contributed by atoms with Gasteiger partial charge in [0.05, 0.1) is 11.7 Å². The van der Waals surface area contributed by atoms with Gasteiger partial charge in [-0.2, -0.15) is 0 Å². The third-order valence-corrected chi connectivity index (χ3v) is 9.37. The van der Waals surface area contributed by atoms with Gasteiger partial charge in [0.2, 0.25) is 0 Å². The van der Waals surface area contributed by atoms with E-state index in [1.165, 1.54) is 13.8 Å². The van der Waals surface area contributed by atoms with E-state index < -0.39 is 17.1 Å². The van der Waals surface area contributed by atoms with Crippen molar-refractivity contribution in [1.29, 1.82) is 0 Å². The lowest BCUT2D eigenvalue weighted by molar-refractivity contribution is -0.267. The Morgan fingerprint density at radius 2 is 1.62 bits per heavy atom. The molecule has 4 fully saturated rings. The van der Waals surface area contributed by atoms with Crippen molar-refractivity contribution in [3.05, 3.63) is 0 Å². The molecule has 4 aliphatic carbocycles. The van der Waals surface area contributed by atoms with Gasteiger partial charge in [0.15, 0.2) is 0 Å². The first kappa shape index (κ1) is 21.1. The van der Waals surface area contributed by atoms with Crippen LogP contribution in [0.2, 0.25) is 0 Å². The number of hydrogen-bond donors (Lipinski definition) is 2. The third kappa shape index (κ3) is 3.04. The van der Waals surface area contributed by atoms with E-state index in [1.54, 1.807) is 0 Å². The lowest BCUT2D eigenvalue weighted by Crippen LogP contribution is -2.68. The molecule has 6 nitrogen and oxygen atoms in total. The number of esters is 2. The average molecular weight is 409 g/mol. The van der Waals surface area contributed by atoms with Crippen LogP contribution in [0.1, 0.15) is 79.1 Å². The van der Waals surface area contributed by atoms with Crippen molar-refractivity contribution in [2.24, 2.45) is 28.6 Å². The molecule has 4 saturated carbocycles. The fourth-order valence-corrected chi connectivity index (χ4v) is 7.92. The molecule has 0 saturated heterocycles. The summed E-state index contributed by atoms with van der Waals surface area (Å²) in [7, 11) is 0. The molecular weight excluding hydrogens is 372 g/mol. The summed E-state index contributed by atoms with van der Waals surface area (Å²) < 4.78 is 11.1. The fraction of sp³-hybridized carbons (Fsp3) is 0.913. The number of aliphatic hydroxyl groups excluding tert-OH is 1. The highest BCUT2D eigenvalue weighted by Gasteiger charge is 2.68. The van der Waals surface area contributed by atoms with Crippen LogP contribution in [0.4, 0.5) is 0 Å². The van der Waals surface area contributed by atoms with Crippen LogP contribution in [0, 0.1) is 28.6 Å². The van der Waals surface area contributed by atoms with Crippen molar-refractivity contribution in [1.82, 2.24) is 0 Å². The Hall–Kier alpha value is -1.14. The van der Waals surface area contributed by atoms with Crippen molar-refractivity contribution in [3.63, 3.8) is 0 Å². The second-order valence-electron chi connectivity index (χ2n) is 10.7. The van der Waals surface area contributed by atoms with Crippen LogP contribution >= 0.6 is 0 Å². The van der Waals surface area contributed by atoms with E-state index in [9.17, 15) is 19.8 Å². The fourth-order valence-electron chi connectivity index (χ4n) is 7.92. The topological polar surface area (TPSA) is 93.1 Å². The predicted octanol–water partition coefficient (Wildman–Crippen LogP) is 2.98. The molecular formula is C23H36O6. The number of rotatable bonds is 2. The van der Waals surface area contributed by atoms with Gasteiger partial charge in [0, 0.05) is 31.1 Å². The molecule has 0 radical (unpaired) electrons. The van der Waals surface area contributed by atoms with Crippen molar-refractivity contribution in [2.45, 2.75) is 103 Å². The summed E-state index contributed by atoms with van der Waals surface area (Å²) in [5.41, 5.74) is -1.67. The molecule has 0 aromatic heterocycles. The minimum absolute atomic E-state index is 0.0450. The largest absolute Gasteiger partial charge is 0.462 e. The Bertz CT molecular complexity index is 693. The van der Waals surface area contributed by atoms with Gasteiger partial charge in [-0.15, -0.1) is 0 Å². The molecule has 2 N–H and O–H groups in total. The molecule has 4 aliphatic rings. The zero-order valence-electron chi connectivity index (χ0n) is 18.1. The van der Waals surface area contributed by atoms with Gasteiger partial charge in [0.25, 0.3) is 0 Å². The molecule has 4 rings (SSSR count). The molecule has 9 atom stereocenters. The van der Waals surface area contributed by atoms with Gasteiger partial charge >= 0.3 is 11.9 Å². The maximum absolute atomic E-state index is 11.7. The second-order valence-corrected chi connectivity index (χ2v) is 10.7. The zero-order valence-corrected chi connectivity index (χ0v) is 18.1. The van der Waals surface area contributed by atoms with E-state index >= 15 is 0 Å². The van der Waals surface area contributed by atoms with E-state index in [1.807, 2.05) is 0 Å². The number of ether oxygens (including phenoxy) is 2. The molecule has 0 aromatic carbocycles. The highest BCUT2D eigenvalue weighted by Crippen LogP contribution is 2.67. The summed E-state index contributed by atoms with van der Waals surface area (Å²) >= 11 is 0. The smallest absolute Gasteiger partial charge is 0.302 e. The molecule has 164 valence electrons. The molecule has 0 aromatic rings.